The Morgan fingerprint density at radius 1 is 1.10 bits per heavy atom. The van der Waals surface area contributed by atoms with Gasteiger partial charge in [0.1, 0.15) is 0 Å². The zero-order chi connectivity index (χ0) is 14.1. The molecule has 0 fully saturated rings. The van der Waals surface area contributed by atoms with Gasteiger partial charge in [0.2, 0.25) is 0 Å². The molecule has 1 nitrogen and oxygen atoms in total. The molecule has 0 bridgehead atoms. The van der Waals surface area contributed by atoms with Gasteiger partial charge < -0.3 is 5.32 Å². The molecule has 1 atom stereocenters. The van der Waals surface area contributed by atoms with E-state index in [9.17, 15) is 0 Å². The van der Waals surface area contributed by atoms with E-state index >= 15 is 0 Å². The molecule has 2 aromatic heterocycles. The molecular formula is C15H13Cl2NS2. The lowest BCUT2D eigenvalue weighted by Gasteiger charge is -2.17. The molecule has 0 aliphatic rings. The fourth-order valence-corrected chi connectivity index (χ4v) is 4.74. The van der Waals surface area contributed by atoms with Crippen LogP contribution in [0.1, 0.15) is 23.4 Å². The van der Waals surface area contributed by atoms with Crippen LogP contribution in [-0.4, -0.2) is 6.54 Å². The minimum Gasteiger partial charge on any atom is -0.306 e. The van der Waals surface area contributed by atoms with Crippen molar-refractivity contribution in [1.82, 2.24) is 5.32 Å². The minimum atomic E-state index is 0.166. The molecule has 3 aromatic rings. The number of rotatable bonds is 4. The second kappa shape index (κ2) is 6.04. The van der Waals surface area contributed by atoms with Crippen LogP contribution in [0, 0.1) is 0 Å². The summed E-state index contributed by atoms with van der Waals surface area (Å²) < 4.78 is 2.68. The third-order valence-corrected chi connectivity index (χ3v) is 6.03. The summed E-state index contributed by atoms with van der Waals surface area (Å²) in [6.45, 7) is 3.01. The lowest BCUT2D eigenvalue weighted by atomic mass is 10.1. The van der Waals surface area contributed by atoms with Crippen molar-refractivity contribution in [3.63, 3.8) is 0 Å². The first-order chi connectivity index (χ1) is 9.69. The number of hydrogen-bond acceptors (Lipinski definition) is 3. The van der Waals surface area contributed by atoms with Crippen molar-refractivity contribution in [3.05, 3.63) is 56.2 Å². The highest BCUT2D eigenvalue weighted by Gasteiger charge is 2.17. The average Bonchev–Trinajstić information content (AvgIpc) is 3.00. The summed E-state index contributed by atoms with van der Waals surface area (Å²) in [5.74, 6) is 0. The van der Waals surface area contributed by atoms with Gasteiger partial charge in [0.15, 0.2) is 0 Å². The Hall–Kier alpha value is -0.580. The van der Waals surface area contributed by atoms with Gasteiger partial charge in [-0.15, -0.1) is 22.7 Å². The summed E-state index contributed by atoms with van der Waals surface area (Å²) >= 11 is 15.8. The molecule has 0 spiro atoms. The first-order valence-corrected chi connectivity index (χ1v) is 8.79. The van der Waals surface area contributed by atoms with Crippen molar-refractivity contribution < 1.29 is 0 Å². The van der Waals surface area contributed by atoms with Crippen molar-refractivity contribution >= 4 is 55.3 Å². The van der Waals surface area contributed by atoms with Crippen molar-refractivity contribution in [3.8, 4) is 0 Å². The van der Waals surface area contributed by atoms with Crippen LogP contribution in [0.3, 0.4) is 0 Å². The largest absolute Gasteiger partial charge is 0.306 e. The molecule has 1 N–H and O–H groups in total. The molecule has 2 heterocycles. The summed E-state index contributed by atoms with van der Waals surface area (Å²) in [4.78, 5) is 1.31. The standard InChI is InChI=1S/C15H13Cl2NS2/c1-2-18-15(9-3-4-10(16)11(17)7-9)14-8-13-12(20-14)5-6-19-13/h3-8,15,18H,2H2,1H3. The fourth-order valence-electron chi connectivity index (χ4n) is 2.21. The molecule has 20 heavy (non-hydrogen) atoms. The summed E-state index contributed by atoms with van der Waals surface area (Å²) in [7, 11) is 0. The molecule has 0 amide bonds. The normalized spacial score (nSPS) is 12.9. The van der Waals surface area contributed by atoms with E-state index in [-0.39, 0.29) is 6.04 Å². The van der Waals surface area contributed by atoms with Gasteiger partial charge in [-0.05, 0) is 41.8 Å². The van der Waals surface area contributed by atoms with Gasteiger partial charge >= 0.3 is 0 Å². The average molecular weight is 342 g/mol. The molecule has 3 rings (SSSR count). The van der Waals surface area contributed by atoms with Gasteiger partial charge in [-0.2, -0.15) is 0 Å². The van der Waals surface area contributed by atoms with E-state index in [1.807, 2.05) is 29.5 Å². The molecule has 1 aromatic carbocycles. The van der Waals surface area contributed by atoms with Gasteiger partial charge in [0, 0.05) is 14.3 Å². The van der Waals surface area contributed by atoms with Crippen molar-refractivity contribution in [2.24, 2.45) is 0 Å². The SMILES string of the molecule is CCNC(c1ccc(Cl)c(Cl)c1)c1cc2sccc2s1. The Balaban J connectivity index is 2.03. The molecule has 0 aliphatic carbocycles. The van der Waals surface area contributed by atoms with Crippen LogP contribution in [0.4, 0.5) is 0 Å². The summed E-state index contributed by atoms with van der Waals surface area (Å²) in [5.41, 5.74) is 1.15. The summed E-state index contributed by atoms with van der Waals surface area (Å²) in [6.07, 6.45) is 0. The molecular weight excluding hydrogens is 329 g/mol. The monoisotopic (exact) mass is 341 g/mol. The number of benzene rings is 1. The smallest absolute Gasteiger partial charge is 0.0672 e. The maximum atomic E-state index is 6.15. The fraction of sp³-hybridized carbons (Fsp3) is 0.200. The van der Waals surface area contributed by atoms with Gasteiger partial charge in [0.05, 0.1) is 16.1 Å². The van der Waals surface area contributed by atoms with E-state index < -0.39 is 0 Å². The van der Waals surface area contributed by atoms with Gasteiger partial charge in [-0.25, -0.2) is 0 Å². The predicted octanol–water partition coefficient (Wildman–Crippen LogP) is 5.97. The van der Waals surface area contributed by atoms with Crippen molar-refractivity contribution in [2.75, 3.05) is 6.54 Å². The number of thiophene rings is 2. The summed E-state index contributed by atoms with van der Waals surface area (Å²) in [5, 5.41) is 6.85. The lowest BCUT2D eigenvalue weighted by molar-refractivity contribution is 0.640. The van der Waals surface area contributed by atoms with Gasteiger partial charge in [-0.3, -0.25) is 0 Å². The maximum Gasteiger partial charge on any atom is 0.0672 e. The van der Waals surface area contributed by atoms with E-state index in [1.54, 1.807) is 11.3 Å². The zero-order valence-corrected chi connectivity index (χ0v) is 14.0. The number of fused-ring (bicyclic) bond motifs is 1. The number of hydrogen-bond donors (Lipinski definition) is 1. The quantitative estimate of drug-likeness (QED) is 0.616. The second-order valence-electron chi connectivity index (χ2n) is 4.46. The molecule has 0 saturated heterocycles. The Kier molecular flexibility index (Phi) is 4.34. The third-order valence-electron chi connectivity index (χ3n) is 3.13. The van der Waals surface area contributed by atoms with Crippen LogP contribution in [0.15, 0.2) is 35.7 Å². The number of halogens is 2. The second-order valence-corrected chi connectivity index (χ2v) is 7.34. The zero-order valence-electron chi connectivity index (χ0n) is 10.8. The van der Waals surface area contributed by atoms with Crippen LogP contribution >= 0.6 is 45.9 Å². The van der Waals surface area contributed by atoms with Crippen LogP contribution < -0.4 is 5.32 Å². The number of nitrogens with one attached hydrogen (secondary N) is 1. The highest BCUT2D eigenvalue weighted by atomic mass is 35.5. The molecule has 0 aliphatic heterocycles. The van der Waals surface area contributed by atoms with Crippen molar-refractivity contribution in [1.29, 1.82) is 0 Å². The van der Waals surface area contributed by atoms with E-state index in [4.69, 9.17) is 23.2 Å². The molecule has 5 heteroatoms. The highest BCUT2D eigenvalue weighted by Crippen LogP contribution is 2.37. The van der Waals surface area contributed by atoms with E-state index in [1.165, 1.54) is 14.3 Å². The predicted molar refractivity (Wildman–Crippen MR) is 91.7 cm³/mol. The van der Waals surface area contributed by atoms with Crippen LogP contribution in [0.25, 0.3) is 9.40 Å². The Morgan fingerprint density at radius 3 is 2.65 bits per heavy atom. The van der Waals surface area contributed by atoms with Crippen LogP contribution in [0.5, 0.6) is 0 Å². The van der Waals surface area contributed by atoms with E-state index in [2.05, 4.69) is 29.8 Å². The molecule has 0 saturated carbocycles. The van der Waals surface area contributed by atoms with E-state index in [0.29, 0.717) is 10.0 Å². The topological polar surface area (TPSA) is 12.0 Å². The van der Waals surface area contributed by atoms with Crippen LogP contribution in [-0.2, 0) is 0 Å². The van der Waals surface area contributed by atoms with Gasteiger partial charge in [0.25, 0.3) is 0 Å². The maximum absolute atomic E-state index is 6.15. The Labute approximate surface area is 136 Å². The first kappa shape index (κ1) is 14.4. The highest BCUT2D eigenvalue weighted by molar-refractivity contribution is 7.27. The minimum absolute atomic E-state index is 0.166. The molecule has 1 unspecified atom stereocenters. The van der Waals surface area contributed by atoms with Gasteiger partial charge in [-0.1, -0.05) is 36.2 Å². The van der Waals surface area contributed by atoms with E-state index in [0.717, 1.165) is 12.1 Å². The Bertz CT molecular complexity index is 704. The lowest BCUT2D eigenvalue weighted by Crippen LogP contribution is -2.21. The third kappa shape index (κ3) is 2.74. The summed E-state index contributed by atoms with van der Waals surface area (Å²) in [6, 6.07) is 10.5. The first-order valence-electron chi connectivity index (χ1n) is 6.34. The van der Waals surface area contributed by atoms with Crippen molar-refractivity contribution in [2.45, 2.75) is 13.0 Å². The molecule has 0 radical (unpaired) electrons. The Morgan fingerprint density at radius 2 is 1.95 bits per heavy atom. The molecule has 104 valence electrons. The van der Waals surface area contributed by atoms with Crippen LogP contribution in [0.2, 0.25) is 10.0 Å².